The second-order valence-corrected chi connectivity index (χ2v) is 9.18. The summed E-state index contributed by atoms with van der Waals surface area (Å²) in [7, 11) is 4.77. The minimum absolute atomic E-state index is 0.101. The van der Waals surface area contributed by atoms with E-state index in [0.717, 1.165) is 11.1 Å². The Kier molecular flexibility index (Phi) is 6.71. The van der Waals surface area contributed by atoms with Gasteiger partial charge in [0, 0.05) is 29.7 Å². The average Bonchev–Trinajstić information content (AvgIpc) is 3.24. The number of ether oxygens (including phenoxy) is 2. The van der Waals surface area contributed by atoms with E-state index in [2.05, 4.69) is 5.32 Å². The van der Waals surface area contributed by atoms with Gasteiger partial charge < -0.3 is 14.8 Å². The SMILES string of the molecule is COc1ccc(NC(=O)CSc2nc3c(-c4ccc(C)cc4)csc3c(=O)n2C)cc1OC. The summed E-state index contributed by atoms with van der Waals surface area (Å²) < 4.78 is 12.6. The van der Waals surface area contributed by atoms with Crippen molar-refractivity contribution in [2.45, 2.75) is 12.1 Å². The van der Waals surface area contributed by atoms with Crippen molar-refractivity contribution >= 4 is 44.9 Å². The van der Waals surface area contributed by atoms with Crippen LogP contribution in [-0.2, 0) is 11.8 Å². The number of carbonyl (C=O) groups is 1. The van der Waals surface area contributed by atoms with Gasteiger partial charge in [0.15, 0.2) is 16.7 Å². The van der Waals surface area contributed by atoms with Crippen LogP contribution in [0.25, 0.3) is 21.3 Å². The zero-order valence-electron chi connectivity index (χ0n) is 18.7. The molecule has 0 fully saturated rings. The van der Waals surface area contributed by atoms with E-state index in [0.29, 0.717) is 32.6 Å². The fraction of sp³-hybridized carbons (Fsp3) is 0.208. The maximum absolute atomic E-state index is 12.9. The van der Waals surface area contributed by atoms with Crippen LogP contribution in [0.5, 0.6) is 11.5 Å². The third-order valence-corrected chi connectivity index (χ3v) is 7.11. The Labute approximate surface area is 199 Å². The minimum atomic E-state index is -0.217. The van der Waals surface area contributed by atoms with Gasteiger partial charge in [-0.05, 0) is 24.6 Å². The van der Waals surface area contributed by atoms with E-state index in [-0.39, 0.29) is 17.2 Å². The molecule has 0 saturated heterocycles. The number of aryl methyl sites for hydroxylation is 1. The Morgan fingerprint density at radius 2 is 1.85 bits per heavy atom. The number of rotatable bonds is 7. The molecular weight excluding hydrogens is 458 g/mol. The highest BCUT2D eigenvalue weighted by molar-refractivity contribution is 7.99. The average molecular weight is 482 g/mol. The molecule has 0 atom stereocenters. The van der Waals surface area contributed by atoms with Gasteiger partial charge in [-0.3, -0.25) is 14.2 Å². The van der Waals surface area contributed by atoms with E-state index in [1.54, 1.807) is 32.4 Å². The normalized spacial score (nSPS) is 10.9. The lowest BCUT2D eigenvalue weighted by atomic mass is 10.1. The van der Waals surface area contributed by atoms with E-state index in [1.807, 2.05) is 36.6 Å². The molecule has 0 radical (unpaired) electrons. The molecule has 170 valence electrons. The summed E-state index contributed by atoms with van der Waals surface area (Å²) in [6.07, 6.45) is 0. The number of carbonyl (C=O) groups excluding carboxylic acids is 1. The van der Waals surface area contributed by atoms with Crippen LogP contribution in [-0.4, -0.2) is 35.4 Å². The number of nitrogens with zero attached hydrogens (tertiary/aromatic N) is 2. The van der Waals surface area contributed by atoms with Crippen molar-refractivity contribution < 1.29 is 14.3 Å². The van der Waals surface area contributed by atoms with Crippen molar-refractivity contribution in [3.8, 4) is 22.6 Å². The van der Waals surface area contributed by atoms with Gasteiger partial charge in [0.05, 0.1) is 25.5 Å². The summed E-state index contributed by atoms with van der Waals surface area (Å²) in [5, 5.41) is 5.29. The summed E-state index contributed by atoms with van der Waals surface area (Å²) in [4.78, 5) is 30.2. The zero-order chi connectivity index (χ0) is 23.5. The van der Waals surface area contributed by atoms with Crippen LogP contribution in [0.3, 0.4) is 0 Å². The minimum Gasteiger partial charge on any atom is -0.493 e. The Balaban J connectivity index is 1.55. The summed E-state index contributed by atoms with van der Waals surface area (Å²) in [5.74, 6) is 0.992. The summed E-state index contributed by atoms with van der Waals surface area (Å²) in [6.45, 7) is 2.03. The quantitative estimate of drug-likeness (QED) is 0.304. The van der Waals surface area contributed by atoms with Crippen molar-refractivity contribution in [2.75, 3.05) is 25.3 Å². The number of nitrogens with one attached hydrogen (secondary N) is 1. The van der Waals surface area contributed by atoms with Crippen molar-refractivity contribution in [3.63, 3.8) is 0 Å². The van der Waals surface area contributed by atoms with Crippen molar-refractivity contribution in [2.24, 2.45) is 7.05 Å². The zero-order valence-corrected chi connectivity index (χ0v) is 20.3. The van der Waals surface area contributed by atoms with Gasteiger partial charge in [-0.1, -0.05) is 41.6 Å². The van der Waals surface area contributed by atoms with Crippen LogP contribution < -0.4 is 20.3 Å². The number of fused-ring (bicyclic) bond motifs is 1. The predicted molar refractivity (Wildman–Crippen MR) is 134 cm³/mol. The largest absolute Gasteiger partial charge is 0.493 e. The Morgan fingerprint density at radius 3 is 2.55 bits per heavy atom. The number of amides is 1. The fourth-order valence-corrected chi connectivity index (χ4v) is 5.09. The number of hydrogen-bond acceptors (Lipinski definition) is 7. The lowest BCUT2D eigenvalue weighted by molar-refractivity contribution is -0.113. The van der Waals surface area contributed by atoms with Crippen LogP contribution >= 0.6 is 23.1 Å². The molecule has 0 spiro atoms. The lowest BCUT2D eigenvalue weighted by Gasteiger charge is -2.11. The summed E-state index contributed by atoms with van der Waals surface area (Å²) in [6, 6.07) is 13.3. The fourth-order valence-electron chi connectivity index (χ4n) is 3.33. The first-order valence-electron chi connectivity index (χ1n) is 10.1. The Morgan fingerprint density at radius 1 is 1.12 bits per heavy atom. The molecule has 0 aliphatic carbocycles. The molecule has 1 N–H and O–H groups in total. The highest BCUT2D eigenvalue weighted by Crippen LogP contribution is 2.33. The van der Waals surface area contributed by atoms with Crippen LogP contribution in [0.15, 0.2) is 57.8 Å². The number of aromatic nitrogens is 2. The van der Waals surface area contributed by atoms with Crippen molar-refractivity contribution in [1.82, 2.24) is 9.55 Å². The van der Waals surface area contributed by atoms with Crippen molar-refractivity contribution in [1.29, 1.82) is 0 Å². The summed E-state index contributed by atoms with van der Waals surface area (Å²) in [5.41, 5.74) is 4.23. The highest BCUT2D eigenvalue weighted by atomic mass is 32.2. The molecule has 1 amide bonds. The number of anilines is 1. The van der Waals surface area contributed by atoms with Gasteiger partial charge in [-0.2, -0.15) is 0 Å². The molecule has 7 nitrogen and oxygen atoms in total. The van der Waals surface area contributed by atoms with Crippen LogP contribution in [0, 0.1) is 6.92 Å². The molecule has 0 aliphatic rings. The number of methoxy groups -OCH3 is 2. The predicted octanol–water partition coefficient (Wildman–Crippen LogP) is 4.72. The van der Waals surface area contributed by atoms with Gasteiger partial charge in [0.25, 0.3) is 5.56 Å². The maximum atomic E-state index is 12.9. The van der Waals surface area contributed by atoms with Gasteiger partial charge in [0.2, 0.25) is 5.91 Å². The first-order chi connectivity index (χ1) is 15.9. The molecule has 0 bridgehead atoms. The molecule has 2 aromatic heterocycles. The number of benzene rings is 2. The van der Waals surface area contributed by atoms with Gasteiger partial charge >= 0.3 is 0 Å². The van der Waals surface area contributed by atoms with E-state index < -0.39 is 0 Å². The molecule has 2 aromatic carbocycles. The second kappa shape index (κ2) is 9.68. The van der Waals surface area contributed by atoms with E-state index >= 15 is 0 Å². The second-order valence-electron chi connectivity index (χ2n) is 7.36. The topological polar surface area (TPSA) is 82.5 Å². The molecule has 9 heteroatoms. The smallest absolute Gasteiger partial charge is 0.271 e. The van der Waals surface area contributed by atoms with Gasteiger partial charge in [0.1, 0.15) is 4.70 Å². The molecule has 33 heavy (non-hydrogen) atoms. The molecule has 0 aliphatic heterocycles. The Bertz CT molecular complexity index is 1380. The third kappa shape index (κ3) is 4.74. The molecular formula is C24H23N3O4S2. The van der Waals surface area contributed by atoms with E-state index in [4.69, 9.17) is 14.5 Å². The maximum Gasteiger partial charge on any atom is 0.271 e. The van der Waals surface area contributed by atoms with Gasteiger partial charge in [-0.15, -0.1) is 11.3 Å². The molecule has 4 rings (SSSR count). The number of thioether (sulfide) groups is 1. The number of hydrogen-bond donors (Lipinski definition) is 1. The molecule has 0 unspecified atom stereocenters. The molecule has 0 saturated carbocycles. The van der Waals surface area contributed by atoms with Crippen LogP contribution in [0.4, 0.5) is 5.69 Å². The highest BCUT2D eigenvalue weighted by Gasteiger charge is 2.16. The standard InChI is InChI=1S/C24H23N3O4S2/c1-14-5-7-15(8-6-14)17-12-32-22-21(17)26-24(27(2)23(22)29)33-13-20(28)25-16-9-10-18(30-3)19(11-16)31-4/h5-12H,13H2,1-4H3,(H,25,28). The van der Waals surface area contributed by atoms with Crippen LogP contribution in [0.1, 0.15) is 5.56 Å². The lowest BCUT2D eigenvalue weighted by Crippen LogP contribution is -2.20. The summed E-state index contributed by atoms with van der Waals surface area (Å²) >= 11 is 2.61. The Hall–Kier alpha value is -3.30. The van der Waals surface area contributed by atoms with Gasteiger partial charge in [-0.25, -0.2) is 4.98 Å². The van der Waals surface area contributed by atoms with Crippen LogP contribution in [0.2, 0.25) is 0 Å². The third-order valence-electron chi connectivity index (χ3n) is 5.12. The van der Waals surface area contributed by atoms with E-state index in [1.165, 1.54) is 40.3 Å². The van der Waals surface area contributed by atoms with Crippen molar-refractivity contribution in [3.05, 3.63) is 63.8 Å². The monoisotopic (exact) mass is 481 g/mol. The van der Waals surface area contributed by atoms with E-state index in [9.17, 15) is 9.59 Å². The first kappa shape index (κ1) is 22.9. The molecule has 4 aromatic rings. The first-order valence-corrected chi connectivity index (χ1v) is 12.0. The number of thiophene rings is 1. The molecule has 2 heterocycles.